The van der Waals surface area contributed by atoms with Gasteiger partial charge in [0, 0.05) is 44.2 Å². The van der Waals surface area contributed by atoms with Gasteiger partial charge < -0.3 is 20.5 Å². The quantitative estimate of drug-likeness (QED) is 0.171. The number of nitrogens with one attached hydrogen (secondary N) is 1. The number of anilines is 2. The van der Waals surface area contributed by atoms with Gasteiger partial charge in [-0.3, -0.25) is 14.7 Å². The molecule has 0 aliphatic carbocycles. The number of cyclic esters (lactones) is 1. The molecule has 9 nitrogen and oxygen atoms in total. The van der Waals surface area contributed by atoms with Gasteiger partial charge in [0.05, 0.1) is 23.1 Å². The predicted molar refractivity (Wildman–Crippen MR) is 192 cm³/mol. The highest BCUT2D eigenvalue weighted by Gasteiger charge is 2.43. The van der Waals surface area contributed by atoms with Crippen LogP contribution in [0.4, 0.5) is 20.6 Å². The van der Waals surface area contributed by atoms with Crippen molar-refractivity contribution >= 4 is 23.4 Å². The molecule has 0 saturated carbocycles. The average Bonchev–Trinajstić information content (AvgIpc) is 3.38. The highest BCUT2D eigenvalue weighted by molar-refractivity contribution is 5.95. The Kier molecular flexibility index (Phi) is 10.1. The molecule has 1 aromatic heterocycles. The minimum absolute atomic E-state index is 0.0122. The maximum atomic E-state index is 16.4. The zero-order chi connectivity index (χ0) is 35.6. The van der Waals surface area contributed by atoms with Crippen molar-refractivity contribution < 1.29 is 23.5 Å². The first-order valence-corrected chi connectivity index (χ1v) is 17.3. The number of carbonyl (C=O) groups is 2. The first-order chi connectivity index (χ1) is 24.0. The van der Waals surface area contributed by atoms with Gasteiger partial charge in [0.2, 0.25) is 5.91 Å². The van der Waals surface area contributed by atoms with Crippen LogP contribution in [0.3, 0.4) is 0 Å². The number of amides is 2. The Labute approximate surface area is 293 Å². The minimum Gasteiger partial charge on any atom is -0.485 e. The second-order valence-electron chi connectivity index (χ2n) is 14.0. The number of rotatable bonds is 10. The van der Waals surface area contributed by atoms with Crippen LogP contribution in [-0.2, 0) is 29.0 Å². The van der Waals surface area contributed by atoms with E-state index in [1.807, 2.05) is 68.4 Å². The maximum Gasteiger partial charge on any atom is 0.416 e. The van der Waals surface area contributed by atoms with Gasteiger partial charge in [-0.15, -0.1) is 0 Å². The molecule has 4 aromatic rings. The molecule has 50 heavy (non-hydrogen) atoms. The number of carbonyl (C=O) groups excluding carboxylic acids is 2. The molecule has 0 bridgehead atoms. The van der Waals surface area contributed by atoms with E-state index in [1.165, 1.54) is 4.90 Å². The van der Waals surface area contributed by atoms with Crippen molar-refractivity contribution in [1.29, 1.82) is 0 Å². The SMILES string of the molecule is CCNc1ccc([C@H](c2ccc(C)c(CN3Cc4ncccc4OC(C)(C)C3)c2)[C@@H](C)C(=O)N2C(=O)OC[C@H]2Cc2ccccc2)c(F)c1N. The monoisotopic (exact) mass is 679 g/mol. The Hall–Kier alpha value is -4.96. The van der Waals surface area contributed by atoms with Gasteiger partial charge in [-0.05, 0) is 80.1 Å². The van der Waals surface area contributed by atoms with Crippen molar-refractivity contribution in [2.24, 2.45) is 5.92 Å². The van der Waals surface area contributed by atoms with Gasteiger partial charge >= 0.3 is 6.09 Å². The topological polar surface area (TPSA) is 110 Å². The number of aryl methyl sites for hydroxylation is 1. The van der Waals surface area contributed by atoms with Gasteiger partial charge in [-0.25, -0.2) is 14.1 Å². The van der Waals surface area contributed by atoms with Crippen LogP contribution in [0.15, 0.2) is 79.0 Å². The van der Waals surface area contributed by atoms with E-state index < -0.39 is 41.3 Å². The van der Waals surface area contributed by atoms with Crippen molar-refractivity contribution in [2.75, 3.05) is 30.7 Å². The van der Waals surface area contributed by atoms with E-state index in [-0.39, 0.29) is 17.9 Å². The van der Waals surface area contributed by atoms with E-state index in [1.54, 1.807) is 25.3 Å². The highest BCUT2D eigenvalue weighted by atomic mass is 19.1. The molecule has 2 aliphatic heterocycles. The summed E-state index contributed by atoms with van der Waals surface area (Å²) in [4.78, 5) is 35.7. The summed E-state index contributed by atoms with van der Waals surface area (Å²) in [6.45, 7) is 12.3. The lowest BCUT2D eigenvalue weighted by Gasteiger charge is -2.31. The number of halogens is 1. The summed E-state index contributed by atoms with van der Waals surface area (Å²) < 4.78 is 28.1. The van der Waals surface area contributed by atoms with Gasteiger partial charge in [-0.1, -0.05) is 61.5 Å². The molecule has 2 aliphatic rings. The van der Waals surface area contributed by atoms with E-state index in [4.69, 9.17) is 15.2 Å². The number of aromatic nitrogens is 1. The van der Waals surface area contributed by atoms with E-state index >= 15 is 4.39 Å². The Bertz CT molecular complexity index is 1870. The molecule has 3 N–H and O–H groups in total. The number of benzene rings is 3. The number of nitrogens with zero attached hydrogens (tertiary/aromatic N) is 3. The number of fused-ring (bicyclic) bond motifs is 1. The van der Waals surface area contributed by atoms with Crippen LogP contribution < -0.4 is 15.8 Å². The van der Waals surface area contributed by atoms with E-state index in [2.05, 4.69) is 35.1 Å². The molecule has 3 heterocycles. The number of pyridine rings is 1. The van der Waals surface area contributed by atoms with Crippen molar-refractivity contribution in [3.63, 3.8) is 0 Å². The molecule has 0 spiro atoms. The summed E-state index contributed by atoms with van der Waals surface area (Å²) in [6, 6.07) is 22.5. The summed E-state index contributed by atoms with van der Waals surface area (Å²) in [5.41, 5.74) is 11.3. The molecule has 1 saturated heterocycles. The molecular weight excluding hydrogens is 633 g/mol. The molecule has 10 heteroatoms. The van der Waals surface area contributed by atoms with Crippen LogP contribution >= 0.6 is 0 Å². The van der Waals surface area contributed by atoms with Gasteiger partial charge in [0.1, 0.15) is 18.0 Å². The molecule has 3 aromatic carbocycles. The van der Waals surface area contributed by atoms with Crippen molar-refractivity contribution in [1.82, 2.24) is 14.8 Å². The molecule has 0 radical (unpaired) electrons. The van der Waals surface area contributed by atoms with Crippen LogP contribution in [0.1, 0.15) is 67.1 Å². The van der Waals surface area contributed by atoms with Crippen LogP contribution in [0.5, 0.6) is 5.75 Å². The maximum absolute atomic E-state index is 16.4. The standard InChI is InChI=1S/C40H46FN5O4/c1-6-43-32-17-16-31(36(41)37(32)42)35(26(3)38(47)46-30(23-49-39(46)48)19-27-11-8-7-9-12-27)28-15-14-25(2)29(20-28)21-45-22-33-34(13-10-18-44-33)50-40(4,5)24-45/h7-18,20,26,30,35,43H,6,19,21-24,42H2,1-5H3/t26-,30-,35+/m1/s1. The normalized spacial score (nSPS) is 18.4. The zero-order valence-electron chi connectivity index (χ0n) is 29.4. The first-order valence-electron chi connectivity index (χ1n) is 17.3. The highest BCUT2D eigenvalue weighted by Crippen LogP contribution is 2.40. The third kappa shape index (κ3) is 7.31. The molecule has 2 amide bonds. The Morgan fingerprint density at radius 3 is 2.66 bits per heavy atom. The lowest BCUT2D eigenvalue weighted by molar-refractivity contribution is -0.133. The van der Waals surface area contributed by atoms with Gasteiger partial charge in [0.15, 0.2) is 5.82 Å². The second kappa shape index (κ2) is 14.5. The molecule has 262 valence electrons. The molecule has 0 unspecified atom stereocenters. The number of hydrogen-bond donors (Lipinski definition) is 2. The van der Waals surface area contributed by atoms with Crippen molar-refractivity contribution in [2.45, 2.75) is 71.7 Å². The first kappa shape index (κ1) is 34.9. The third-order valence-corrected chi connectivity index (χ3v) is 9.65. The van der Waals surface area contributed by atoms with Crippen LogP contribution in [0, 0.1) is 18.7 Å². The smallest absolute Gasteiger partial charge is 0.416 e. The summed E-state index contributed by atoms with van der Waals surface area (Å²) >= 11 is 0. The zero-order valence-corrected chi connectivity index (χ0v) is 29.4. The predicted octanol–water partition coefficient (Wildman–Crippen LogP) is 7.07. The fourth-order valence-corrected chi connectivity index (χ4v) is 7.24. The number of hydrogen-bond acceptors (Lipinski definition) is 8. The van der Waals surface area contributed by atoms with Crippen molar-refractivity contribution in [3.8, 4) is 5.75 Å². The van der Waals surface area contributed by atoms with Crippen LogP contribution in [0.2, 0.25) is 0 Å². The number of nitrogens with two attached hydrogens (primary N) is 1. The number of ether oxygens (including phenoxy) is 2. The summed E-state index contributed by atoms with van der Waals surface area (Å²) in [5.74, 6) is -1.83. The Morgan fingerprint density at radius 1 is 1.12 bits per heavy atom. The Balaban J connectivity index is 1.38. The van der Waals surface area contributed by atoms with Crippen LogP contribution in [-0.4, -0.2) is 58.1 Å². The average molecular weight is 680 g/mol. The number of nitrogen functional groups attached to an aromatic ring is 1. The van der Waals surface area contributed by atoms with Crippen molar-refractivity contribution in [3.05, 3.63) is 118 Å². The van der Waals surface area contributed by atoms with Crippen LogP contribution in [0.25, 0.3) is 0 Å². The summed E-state index contributed by atoms with van der Waals surface area (Å²) in [7, 11) is 0. The number of imide groups is 1. The van der Waals surface area contributed by atoms with E-state index in [9.17, 15) is 9.59 Å². The molecule has 6 rings (SSSR count). The van der Waals surface area contributed by atoms with Gasteiger partial charge in [-0.2, -0.15) is 0 Å². The summed E-state index contributed by atoms with van der Waals surface area (Å²) in [6.07, 6.45) is 1.54. The lowest BCUT2D eigenvalue weighted by Crippen LogP contribution is -2.44. The fourth-order valence-electron chi connectivity index (χ4n) is 7.24. The van der Waals surface area contributed by atoms with E-state index in [0.717, 1.165) is 33.7 Å². The lowest BCUT2D eigenvalue weighted by atomic mass is 9.79. The molecule has 3 atom stereocenters. The second-order valence-corrected chi connectivity index (χ2v) is 14.0. The Morgan fingerprint density at radius 2 is 1.90 bits per heavy atom. The third-order valence-electron chi connectivity index (χ3n) is 9.65. The minimum atomic E-state index is -0.838. The summed E-state index contributed by atoms with van der Waals surface area (Å²) in [5, 5.41) is 3.11. The molecule has 1 fully saturated rings. The fraction of sp³-hybridized carbons (Fsp3) is 0.375. The van der Waals surface area contributed by atoms with Gasteiger partial charge in [0.25, 0.3) is 0 Å². The van der Waals surface area contributed by atoms with E-state index in [0.29, 0.717) is 38.3 Å². The largest absolute Gasteiger partial charge is 0.485 e. The molecular formula is C40H46FN5O4.